The van der Waals surface area contributed by atoms with Gasteiger partial charge >= 0.3 is 0 Å². The van der Waals surface area contributed by atoms with E-state index < -0.39 is 0 Å². The summed E-state index contributed by atoms with van der Waals surface area (Å²) in [5.41, 5.74) is 1.98. The molecule has 2 aromatic heterocycles. The van der Waals surface area contributed by atoms with Crippen LogP contribution in [0.5, 0.6) is 0 Å². The first-order valence-electron chi connectivity index (χ1n) is 9.98. The van der Waals surface area contributed by atoms with Crippen LogP contribution in [0.1, 0.15) is 30.1 Å². The first-order valence-corrected chi connectivity index (χ1v) is 9.98. The molecule has 0 aliphatic heterocycles. The van der Waals surface area contributed by atoms with E-state index in [4.69, 9.17) is 0 Å². The summed E-state index contributed by atoms with van der Waals surface area (Å²) in [4.78, 5) is 41.5. The minimum absolute atomic E-state index is 0.0662. The van der Waals surface area contributed by atoms with E-state index in [0.29, 0.717) is 28.7 Å². The molecular formula is C23H21N5O3. The normalized spacial score (nSPS) is 10.9. The molecule has 156 valence electrons. The van der Waals surface area contributed by atoms with Gasteiger partial charge in [0.1, 0.15) is 11.7 Å². The van der Waals surface area contributed by atoms with E-state index in [9.17, 15) is 14.4 Å². The Balaban J connectivity index is 1.53. The summed E-state index contributed by atoms with van der Waals surface area (Å²) >= 11 is 0. The monoisotopic (exact) mass is 415 g/mol. The van der Waals surface area contributed by atoms with E-state index in [1.165, 1.54) is 17.1 Å². The van der Waals surface area contributed by atoms with Gasteiger partial charge in [-0.3, -0.25) is 19.0 Å². The molecular weight excluding hydrogens is 394 g/mol. The van der Waals surface area contributed by atoms with E-state index in [1.54, 1.807) is 28.9 Å². The van der Waals surface area contributed by atoms with E-state index >= 15 is 0 Å². The number of hydrogen-bond donors (Lipinski definition) is 1. The fourth-order valence-electron chi connectivity index (χ4n) is 3.26. The zero-order valence-electron chi connectivity index (χ0n) is 17.0. The molecule has 8 nitrogen and oxygen atoms in total. The van der Waals surface area contributed by atoms with Crippen molar-refractivity contribution in [3.63, 3.8) is 0 Å². The number of hydrogen-bond acceptors (Lipinski definition) is 5. The molecule has 0 saturated heterocycles. The number of rotatable bonds is 7. The number of carbonyl (C=O) groups excluding carboxylic acids is 2. The predicted octanol–water partition coefficient (Wildman–Crippen LogP) is 3.20. The number of anilines is 1. The maximum absolute atomic E-state index is 12.8. The van der Waals surface area contributed by atoms with Gasteiger partial charge < -0.3 is 5.32 Å². The molecule has 0 unspecified atom stereocenters. The number of ketones is 1. The van der Waals surface area contributed by atoms with Crippen LogP contribution in [-0.4, -0.2) is 31.0 Å². The van der Waals surface area contributed by atoms with Gasteiger partial charge in [-0.15, -0.1) is 0 Å². The number of aromatic nitrogens is 4. The highest BCUT2D eigenvalue weighted by Gasteiger charge is 2.14. The van der Waals surface area contributed by atoms with Crippen molar-refractivity contribution in [3.8, 4) is 5.69 Å². The SMILES string of the molecule is CCCC(=O)Nc1ccc(C(=O)Cn2cnc3c(cnn3-c3ccccc3)c2=O)cc1. The third-order valence-electron chi connectivity index (χ3n) is 4.84. The van der Waals surface area contributed by atoms with Gasteiger partial charge in [-0.25, -0.2) is 9.67 Å². The number of nitrogens with zero attached hydrogens (tertiary/aromatic N) is 4. The molecule has 4 rings (SSSR count). The lowest BCUT2D eigenvalue weighted by molar-refractivity contribution is -0.116. The van der Waals surface area contributed by atoms with Gasteiger partial charge in [-0.1, -0.05) is 25.1 Å². The molecule has 0 spiro atoms. The van der Waals surface area contributed by atoms with E-state index in [-0.39, 0.29) is 23.8 Å². The Bertz CT molecular complexity index is 1290. The molecule has 8 heteroatoms. The number of amides is 1. The Kier molecular flexibility index (Phi) is 5.70. The molecule has 2 heterocycles. The van der Waals surface area contributed by atoms with Crippen LogP contribution in [0.4, 0.5) is 5.69 Å². The molecule has 0 atom stereocenters. The summed E-state index contributed by atoms with van der Waals surface area (Å²) in [5.74, 6) is -0.298. The van der Waals surface area contributed by atoms with Gasteiger partial charge in [0.25, 0.3) is 5.56 Å². The number of Topliss-reactive ketones (excluding diaryl/α,β-unsaturated/α-hetero) is 1. The fraction of sp³-hybridized carbons (Fsp3) is 0.174. The maximum atomic E-state index is 12.8. The van der Waals surface area contributed by atoms with E-state index in [0.717, 1.165) is 12.1 Å². The van der Waals surface area contributed by atoms with Gasteiger partial charge in [0, 0.05) is 17.7 Å². The summed E-state index contributed by atoms with van der Waals surface area (Å²) in [6.45, 7) is 1.79. The van der Waals surface area contributed by atoms with Crippen LogP contribution < -0.4 is 10.9 Å². The highest BCUT2D eigenvalue weighted by molar-refractivity contribution is 5.97. The molecule has 0 fully saturated rings. The molecule has 0 aliphatic carbocycles. The molecule has 31 heavy (non-hydrogen) atoms. The van der Waals surface area contributed by atoms with Crippen LogP contribution in [0, 0.1) is 0 Å². The lowest BCUT2D eigenvalue weighted by atomic mass is 10.1. The van der Waals surface area contributed by atoms with Crippen molar-refractivity contribution in [3.05, 3.63) is 83.0 Å². The van der Waals surface area contributed by atoms with Crippen molar-refractivity contribution >= 4 is 28.4 Å². The van der Waals surface area contributed by atoms with Gasteiger partial charge in [-0.2, -0.15) is 5.10 Å². The molecule has 0 saturated carbocycles. The van der Waals surface area contributed by atoms with E-state index in [1.807, 2.05) is 37.3 Å². The predicted molar refractivity (Wildman–Crippen MR) is 117 cm³/mol. The summed E-state index contributed by atoms with van der Waals surface area (Å²) in [7, 11) is 0. The summed E-state index contributed by atoms with van der Waals surface area (Å²) in [6.07, 6.45) is 4.04. The van der Waals surface area contributed by atoms with Gasteiger partial charge in [0.15, 0.2) is 11.4 Å². The quantitative estimate of drug-likeness (QED) is 0.467. The van der Waals surface area contributed by atoms with Gasteiger partial charge in [-0.05, 0) is 42.8 Å². The Labute approximate surface area is 178 Å². The van der Waals surface area contributed by atoms with Crippen molar-refractivity contribution in [2.75, 3.05) is 5.32 Å². The highest BCUT2D eigenvalue weighted by atomic mass is 16.2. The Morgan fingerprint density at radius 1 is 1.03 bits per heavy atom. The summed E-state index contributed by atoms with van der Waals surface area (Å²) in [6, 6.07) is 16.0. The minimum atomic E-state index is -0.330. The van der Waals surface area contributed by atoms with Crippen LogP contribution >= 0.6 is 0 Å². The smallest absolute Gasteiger partial charge is 0.264 e. The molecule has 2 aromatic carbocycles. The molecule has 4 aromatic rings. The Morgan fingerprint density at radius 3 is 2.48 bits per heavy atom. The fourth-order valence-corrected chi connectivity index (χ4v) is 3.26. The van der Waals surface area contributed by atoms with E-state index in [2.05, 4.69) is 15.4 Å². The number of fused-ring (bicyclic) bond motifs is 1. The third-order valence-corrected chi connectivity index (χ3v) is 4.84. The summed E-state index contributed by atoms with van der Waals surface area (Å²) in [5, 5.41) is 7.39. The minimum Gasteiger partial charge on any atom is -0.326 e. The van der Waals surface area contributed by atoms with Crippen molar-refractivity contribution < 1.29 is 9.59 Å². The van der Waals surface area contributed by atoms with Crippen LogP contribution in [0.15, 0.2) is 71.9 Å². The van der Waals surface area contributed by atoms with Crippen molar-refractivity contribution in [2.24, 2.45) is 0 Å². The van der Waals surface area contributed by atoms with Crippen LogP contribution in [0.3, 0.4) is 0 Å². The lowest BCUT2D eigenvalue weighted by Gasteiger charge is -2.07. The Morgan fingerprint density at radius 2 is 1.77 bits per heavy atom. The van der Waals surface area contributed by atoms with Crippen molar-refractivity contribution in [1.82, 2.24) is 19.3 Å². The van der Waals surface area contributed by atoms with Crippen LogP contribution in [-0.2, 0) is 11.3 Å². The number of carbonyl (C=O) groups is 2. The second-order valence-corrected chi connectivity index (χ2v) is 7.11. The largest absolute Gasteiger partial charge is 0.326 e. The van der Waals surface area contributed by atoms with Crippen molar-refractivity contribution in [1.29, 1.82) is 0 Å². The second kappa shape index (κ2) is 8.74. The van der Waals surface area contributed by atoms with Gasteiger partial charge in [0.2, 0.25) is 5.91 Å². The van der Waals surface area contributed by atoms with Crippen LogP contribution in [0.25, 0.3) is 16.7 Å². The average molecular weight is 415 g/mol. The Hall–Kier alpha value is -4.07. The number of para-hydroxylation sites is 1. The lowest BCUT2D eigenvalue weighted by Crippen LogP contribution is -2.24. The average Bonchev–Trinajstić information content (AvgIpc) is 3.22. The molecule has 0 radical (unpaired) electrons. The maximum Gasteiger partial charge on any atom is 0.264 e. The number of benzene rings is 2. The van der Waals surface area contributed by atoms with Crippen LogP contribution in [0.2, 0.25) is 0 Å². The molecule has 0 aliphatic rings. The molecule has 1 N–H and O–H groups in total. The molecule has 1 amide bonds. The molecule has 0 bridgehead atoms. The zero-order chi connectivity index (χ0) is 21.8. The third kappa shape index (κ3) is 4.28. The second-order valence-electron chi connectivity index (χ2n) is 7.11. The standard InChI is InChI=1S/C23H21N5O3/c1-2-6-21(30)26-17-11-9-16(10-12-17)20(29)14-27-15-24-22-19(23(27)31)13-25-28(22)18-7-4-3-5-8-18/h3-5,7-13,15H,2,6,14H2,1H3,(H,26,30). The van der Waals surface area contributed by atoms with Crippen molar-refractivity contribution in [2.45, 2.75) is 26.3 Å². The number of nitrogens with one attached hydrogen (secondary N) is 1. The topological polar surface area (TPSA) is 98.9 Å². The van der Waals surface area contributed by atoms with Gasteiger partial charge in [0.05, 0.1) is 18.4 Å². The summed E-state index contributed by atoms with van der Waals surface area (Å²) < 4.78 is 2.87. The zero-order valence-corrected chi connectivity index (χ0v) is 17.0. The first-order chi connectivity index (χ1) is 15.1. The highest BCUT2D eigenvalue weighted by Crippen LogP contribution is 2.14. The first kappa shape index (κ1) is 20.2.